The Kier molecular flexibility index (Phi) is 44.7. The van der Waals surface area contributed by atoms with Crippen molar-refractivity contribution in [2.45, 2.75) is 215 Å². The summed E-state index contributed by atoms with van der Waals surface area (Å²) in [6, 6.07) is 12.8. The lowest BCUT2D eigenvalue weighted by molar-refractivity contribution is -0.138. The number of hydrogen-bond donors (Lipinski definition) is 29. The lowest BCUT2D eigenvalue weighted by atomic mass is 9.96. The van der Waals surface area contributed by atoms with Crippen LogP contribution >= 0.6 is 11.8 Å². The summed E-state index contributed by atoms with van der Waals surface area (Å²) in [4.78, 5) is 253. The smallest absolute Gasteiger partial charge is 0.245 e. The number of aliphatic hydroxyl groups excluding tert-OH is 1. The number of fused-ring (bicyclic) bond motifs is 1. The second-order valence-electron chi connectivity index (χ2n) is 37.1. The summed E-state index contributed by atoms with van der Waals surface area (Å²) in [5.74, 6) is -20.0. The summed E-state index contributed by atoms with van der Waals surface area (Å²) >= 11 is 0.746. The van der Waals surface area contributed by atoms with Crippen LogP contribution in [0.2, 0.25) is 0 Å². The normalized spacial score (nSPS) is 22.0. The molecule has 806 valence electrons. The van der Waals surface area contributed by atoms with Gasteiger partial charge in [0, 0.05) is 125 Å². The number of aromatic hydroxyl groups is 2. The third kappa shape index (κ3) is 37.4. The molecule has 0 radical (unpaired) electrons. The SMILES string of the molecule is CC[C@H](C)[C@@H]1NC(=O)[C@H]([C@@H](C)O)NC(=O)[C@H](Cc2cncn2C)NC(=O)[C@H](Cc2ccccc2)NC(=O)CSC[C@@H](C(=O)NCC(N)=O)NC(=O)[C@H](Cc2ccc(O)cc2)NC(=O)[C@H](Cc2c[nH]c3ccccc23)NC(=O)[C@H](Cc2ccc(O)cc2)NC(=O)[C@H](Cc2cncn2C)NC(=O)[C@H](Cc2ccccc2)NC(=O)C(C)(C)NC(=O)[C@H](CCCNC(=N)N)NC(=O)[C@H](CCCNC(=N)N)NC(=O)[C@H](CCCNC(=N)N)NC1=O. The predicted molar refractivity (Wildman–Crippen MR) is 555 cm³/mol. The monoisotopic (exact) mass is 2090 g/mol. The second kappa shape index (κ2) is 57.4. The summed E-state index contributed by atoms with van der Waals surface area (Å²) in [7, 11) is 3.20. The van der Waals surface area contributed by atoms with Gasteiger partial charge in [-0.05, 0) is 123 Å². The Hall–Kier alpha value is -16.7. The van der Waals surface area contributed by atoms with Gasteiger partial charge in [-0.2, -0.15) is 0 Å². The molecule has 16 amide bonds. The molecule has 15 atom stereocenters. The maximum atomic E-state index is 15.8. The van der Waals surface area contributed by atoms with E-state index in [0.29, 0.717) is 50.1 Å². The van der Waals surface area contributed by atoms with E-state index < -0.39 is 239 Å². The summed E-state index contributed by atoms with van der Waals surface area (Å²) in [6.07, 6.45) is 2.38. The fourth-order valence-electron chi connectivity index (χ4n) is 16.2. The Labute approximate surface area is 869 Å². The number of imidazole rings is 2. The molecule has 150 heavy (non-hydrogen) atoms. The number of hydrogen-bond acceptors (Lipinski definition) is 25. The van der Waals surface area contributed by atoms with E-state index in [1.54, 1.807) is 124 Å². The van der Waals surface area contributed by atoms with Crippen molar-refractivity contribution < 1.29 is 92.0 Å². The molecular weight excluding hydrogens is 1960 g/mol. The van der Waals surface area contributed by atoms with E-state index in [2.05, 4.69) is 111 Å². The van der Waals surface area contributed by atoms with Gasteiger partial charge in [0.15, 0.2) is 17.9 Å². The molecule has 5 aromatic carbocycles. The number of nitrogens with zero attached hydrogens (tertiary/aromatic N) is 4. The zero-order chi connectivity index (χ0) is 109. The van der Waals surface area contributed by atoms with Crippen LogP contribution in [0.4, 0.5) is 0 Å². The number of benzene rings is 5. The number of rotatable bonds is 32. The van der Waals surface area contributed by atoms with Crippen molar-refractivity contribution in [1.29, 1.82) is 16.2 Å². The van der Waals surface area contributed by atoms with Gasteiger partial charge in [0.05, 0.1) is 31.1 Å². The minimum atomic E-state index is -2.06. The Balaban J connectivity index is 1.16. The second-order valence-corrected chi connectivity index (χ2v) is 38.2. The summed E-state index contributed by atoms with van der Waals surface area (Å²) < 4.78 is 3.08. The first-order chi connectivity index (χ1) is 71.4. The minimum absolute atomic E-state index is 0.00761. The van der Waals surface area contributed by atoms with Crippen molar-refractivity contribution in [3.8, 4) is 11.5 Å². The number of amides is 16. The average Bonchev–Trinajstić information content (AvgIpc) is 1.76. The highest BCUT2D eigenvalue weighted by atomic mass is 32.2. The number of aliphatic hydroxyl groups is 1. The summed E-state index contributed by atoms with van der Waals surface area (Å²) in [5.41, 5.74) is 23.8. The molecule has 1 saturated heterocycles. The number of phenols is 2. The number of guanidine groups is 3. The van der Waals surface area contributed by atoms with Crippen LogP contribution in [0.25, 0.3) is 10.9 Å². The number of para-hydroxylation sites is 1. The van der Waals surface area contributed by atoms with Gasteiger partial charge >= 0.3 is 0 Å². The average molecular weight is 2090 g/mol. The fourth-order valence-corrected chi connectivity index (χ4v) is 17.1. The van der Waals surface area contributed by atoms with Crippen LogP contribution in [0.3, 0.4) is 0 Å². The molecular formula is C100H136N30O19S. The lowest BCUT2D eigenvalue weighted by Crippen LogP contribution is -2.64. The molecule has 3 aromatic heterocycles. The molecule has 8 aromatic rings. The molecule has 0 aliphatic carbocycles. The van der Waals surface area contributed by atoms with Crippen molar-refractivity contribution >= 4 is 135 Å². The van der Waals surface area contributed by atoms with Crippen LogP contribution in [0.15, 0.2) is 165 Å². The Bertz CT molecular complexity index is 6030. The molecule has 50 heteroatoms. The first-order valence-electron chi connectivity index (χ1n) is 48.8. The molecule has 4 heterocycles. The van der Waals surface area contributed by atoms with Crippen molar-refractivity contribution in [3.05, 3.63) is 204 Å². The molecule has 1 fully saturated rings. The van der Waals surface area contributed by atoms with E-state index in [0.717, 1.165) is 18.7 Å². The number of carbonyl (C=O) groups excluding carboxylic acids is 16. The van der Waals surface area contributed by atoms with Crippen LogP contribution in [0, 0.1) is 22.1 Å². The number of phenolic OH excluding ortho intramolecular Hbond substituents is 2. The topological polar surface area (TPSA) is 777 Å². The summed E-state index contributed by atoms with van der Waals surface area (Å²) in [6.45, 7) is 6.06. The van der Waals surface area contributed by atoms with Crippen LogP contribution in [0.1, 0.15) is 119 Å². The van der Waals surface area contributed by atoms with Crippen molar-refractivity contribution in [3.63, 3.8) is 0 Å². The highest BCUT2D eigenvalue weighted by molar-refractivity contribution is 8.00. The van der Waals surface area contributed by atoms with Gasteiger partial charge in [0.2, 0.25) is 94.5 Å². The van der Waals surface area contributed by atoms with Gasteiger partial charge in [-0.25, -0.2) is 9.97 Å². The standard InChI is InChI=1S/C100H136N30O19S/c1-8-55(2)81-94(147)118-69(27-18-38-111-98(104)105)85(138)116-68(26-17-37-110-97(102)103)84(137)117-70(28-19-39-112-99(106)107)93(146)128-100(4,5)96(149)125-74(41-58-22-13-10-14-23-58)89(142)122-76(45-62-48-108-53-129(62)6)91(144)120-72(42-59-29-33-64(132)34-30-59)87(140)121-75(44-61-47-113-67-25-16-15-24-66(61)67)90(143)119-73(43-60-31-35-65(133)36-32-60)88(141)124-78(83(136)114-50-79(101)134)51-150-52-80(135)115-71(40-57-20-11-9-12-21-57)86(139)123-77(46-63-49-109-54-130(63)7)92(145)127-82(56(3)131)95(148)126-81/h9-16,20-25,29-36,47-49,53-56,68-78,81-82,113,131-133H,8,17-19,26-28,37-46,50-52H2,1-7H3,(H2,101,134)(H,114,136)(H,115,135)(H,116,138)(H,117,137)(H,118,147)(H,119,143)(H,120,144)(H,121,140)(H,122,142)(H,123,139)(H,124,141)(H,125,149)(H,126,148)(H,127,145)(H,128,146)(H4,102,103,110)(H4,104,105,111)(H4,106,107,112)/t55-,56+,68-,69-,70-,71-,72-,73-,74-,75-,76-,77-,78-,81-,82-/m0/s1. The minimum Gasteiger partial charge on any atom is -0.508 e. The number of carbonyl (C=O) groups is 16. The zero-order valence-corrected chi connectivity index (χ0v) is 85.1. The van der Waals surface area contributed by atoms with Gasteiger partial charge in [-0.3, -0.25) is 92.9 Å². The maximum absolute atomic E-state index is 15.8. The van der Waals surface area contributed by atoms with E-state index >= 15 is 57.5 Å². The van der Waals surface area contributed by atoms with Crippen LogP contribution in [-0.4, -0.2) is 280 Å². The Morgan fingerprint density at radius 2 is 0.800 bits per heavy atom. The molecule has 33 N–H and O–H groups in total. The number of nitrogens with two attached hydrogens (primary N) is 4. The van der Waals surface area contributed by atoms with E-state index in [9.17, 15) is 34.5 Å². The lowest BCUT2D eigenvalue weighted by Gasteiger charge is -2.31. The van der Waals surface area contributed by atoms with E-state index in [1.807, 2.05) is 0 Å². The number of H-pyrrole nitrogens is 1. The van der Waals surface area contributed by atoms with Gasteiger partial charge in [0.1, 0.15) is 95.6 Å². The molecule has 49 nitrogen and oxygen atoms in total. The summed E-state index contributed by atoms with van der Waals surface area (Å²) in [5, 5.41) is 105. The number of aromatic amines is 1. The molecule has 1 aliphatic heterocycles. The van der Waals surface area contributed by atoms with Gasteiger partial charge in [-0.1, -0.05) is 123 Å². The van der Waals surface area contributed by atoms with Crippen molar-refractivity contribution in [1.82, 2.24) is 120 Å². The Morgan fingerprint density at radius 3 is 1.22 bits per heavy atom. The van der Waals surface area contributed by atoms with Gasteiger partial charge < -0.3 is 148 Å². The third-order valence-corrected chi connectivity index (χ3v) is 25.9. The molecule has 0 bridgehead atoms. The largest absolute Gasteiger partial charge is 0.508 e. The number of aryl methyl sites for hydroxylation is 2. The number of primary amides is 1. The molecule has 1 aliphatic rings. The number of aromatic nitrogens is 5. The van der Waals surface area contributed by atoms with Crippen molar-refractivity contribution in [2.75, 3.05) is 37.7 Å². The van der Waals surface area contributed by atoms with Gasteiger partial charge in [-0.15, -0.1) is 11.8 Å². The zero-order valence-electron chi connectivity index (χ0n) is 84.3. The predicted octanol–water partition coefficient (Wildman–Crippen LogP) is -4.19. The maximum Gasteiger partial charge on any atom is 0.245 e. The molecule has 0 saturated carbocycles. The molecule has 0 spiro atoms. The van der Waals surface area contributed by atoms with Crippen LogP contribution in [-0.2, 0) is 136 Å². The van der Waals surface area contributed by atoms with E-state index in [1.165, 1.54) is 92.0 Å². The molecule has 0 unspecified atom stereocenters. The highest BCUT2D eigenvalue weighted by Crippen LogP contribution is 2.24. The van der Waals surface area contributed by atoms with Crippen LogP contribution in [0.5, 0.6) is 11.5 Å². The quantitative estimate of drug-likeness (QED) is 0.0108. The highest BCUT2D eigenvalue weighted by Gasteiger charge is 2.42. The number of nitrogens with one attached hydrogen (secondary N) is 22. The molecule has 9 rings (SSSR count). The first kappa shape index (κ1) is 117. The van der Waals surface area contributed by atoms with E-state index in [4.69, 9.17) is 39.2 Å². The number of thioether (sulfide) groups is 1. The first-order valence-corrected chi connectivity index (χ1v) is 50.0. The third-order valence-electron chi connectivity index (χ3n) is 24.8. The van der Waals surface area contributed by atoms with Gasteiger partial charge in [0.25, 0.3) is 0 Å². The Morgan fingerprint density at radius 1 is 0.440 bits per heavy atom. The fraction of sp³-hybridized carbons (Fsp3) is 0.430. The van der Waals surface area contributed by atoms with Crippen LogP contribution < -0.4 is 119 Å². The van der Waals surface area contributed by atoms with E-state index in [-0.39, 0.29) is 108 Å². The van der Waals surface area contributed by atoms with Crippen molar-refractivity contribution in [2.24, 2.45) is 42.9 Å².